The van der Waals surface area contributed by atoms with Crippen molar-refractivity contribution in [1.29, 1.82) is 0 Å². The van der Waals surface area contributed by atoms with E-state index in [1.807, 2.05) is 11.9 Å². The van der Waals surface area contributed by atoms with Gasteiger partial charge >= 0.3 is 5.97 Å². The summed E-state index contributed by atoms with van der Waals surface area (Å²) in [6, 6.07) is 0. The molecule has 140 valence electrons. The minimum Gasteiger partial charge on any atom is -0.480 e. The zero-order chi connectivity index (χ0) is 18.2. The highest BCUT2D eigenvalue weighted by atomic mass is 16.4. The maximum Gasteiger partial charge on any atom is 0.323 e. The van der Waals surface area contributed by atoms with E-state index < -0.39 is 11.4 Å². The summed E-state index contributed by atoms with van der Waals surface area (Å²) >= 11 is 0. The van der Waals surface area contributed by atoms with Crippen molar-refractivity contribution in [2.24, 2.45) is 5.41 Å². The molecule has 0 radical (unpaired) electrons. The number of hydrogen-bond donors (Lipinski definition) is 2. The van der Waals surface area contributed by atoms with Gasteiger partial charge in [-0.25, -0.2) is 0 Å². The molecule has 3 aliphatic rings. The SMILES string of the molecule is CN1CCN(C(=O)C2(CO)CC2)C[C@]12CCC(=O)N(CC(=O)O)CC2. The lowest BCUT2D eigenvalue weighted by molar-refractivity contribution is -0.144. The summed E-state index contributed by atoms with van der Waals surface area (Å²) in [5.41, 5.74) is -0.880. The Morgan fingerprint density at radius 3 is 2.44 bits per heavy atom. The fourth-order valence-corrected chi connectivity index (χ4v) is 4.12. The van der Waals surface area contributed by atoms with Gasteiger partial charge in [-0.3, -0.25) is 19.3 Å². The Kier molecular flexibility index (Phi) is 4.76. The van der Waals surface area contributed by atoms with Crippen LogP contribution in [-0.2, 0) is 14.4 Å². The lowest BCUT2D eigenvalue weighted by Gasteiger charge is -2.50. The van der Waals surface area contributed by atoms with E-state index in [2.05, 4.69) is 4.90 Å². The van der Waals surface area contributed by atoms with Crippen molar-refractivity contribution in [2.75, 3.05) is 46.4 Å². The number of carboxylic acids is 1. The molecule has 2 aliphatic heterocycles. The molecule has 25 heavy (non-hydrogen) atoms. The smallest absolute Gasteiger partial charge is 0.323 e. The van der Waals surface area contributed by atoms with Gasteiger partial charge in [-0.1, -0.05) is 0 Å². The minimum atomic E-state index is -1.00. The first-order valence-electron chi connectivity index (χ1n) is 8.93. The van der Waals surface area contributed by atoms with Gasteiger partial charge in [0.2, 0.25) is 11.8 Å². The van der Waals surface area contributed by atoms with Crippen LogP contribution < -0.4 is 0 Å². The Hall–Kier alpha value is -1.67. The van der Waals surface area contributed by atoms with E-state index in [1.54, 1.807) is 0 Å². The van der Waals surface area contributed by atoms with E-state index in [0.29, 0.717) is 38.9 Å². The van der Waals surface area contributed by atoms with Gasteiger partial charge in [0.1, 0.15) is 6.54 Å². The molecule has 0 aromatic carbocycles. The third-order valence-corrected chi connectivity index (χ3v) is 6.23. The molecule has 2 saturated heterocycles. The van der Waals surface area contributed by atoms with Crippen LogP contribution in [0, 0.1) is 5.41 Å². The predicted molar refractivity (Wildman–Crippen MR) is 88.8 cm³/mol. The number of amides is 2. The quantitative estimate of drug-likeness (QED) is 0.698. The zero-order valence-electron chi connectivity index (χ0n) is 14.7. The molecular formula is C17H27N3O5. The Labute approximate surface area is 147 Å². The number of aliphatic hydroxyl groups excluding tert-OH is 1. The van der Waals surface area contributed by atoms with Crippen molar-refractivity contribution in [3.05, 3.63) is 0 Å². The predicted octanol–water partition coefficient (Wildman–Crippen LogP) is -0.631. The summed E-state index contributed by atoms with van der Waals surface area (Å²) in [4.78, 5) is 41.5. The highest BCUT2D eigenvalue weighted by Gasteiger charge is 2.53. The van der Waals surface area contributed by atoms with Crippen molar-refractivity contribution in [1.82, 2.24) is 14.7 Å². The van der Waals surface area contributed by atoms with Gasteiger partial charge in [0.05, 0.1) is 12.0 Å². The van der Waals surface area contributed by atoms with E-state index in [4.69, 9.17) is 5.11 Å². The van der Waals surface area contributed by atoms with Gasteiger partial charge < -0.3 is 20.0 Å². The Bertz CT molecular complexity index is 577. The van der Waals surface area contributed by atoms with Crippen molar-refractivity contribution in [3.63, 3.8) is 0 Å². The number of likely N-dealkylation sites (tertiary alicyclic amines) is 1. The normalized spacial score (nSPS) is 29.6. The van der Waals surface area contributed by atoms with Gasteiger partial charge in [-0.2, -0.15) is 0 Å². The molecule has 1 atom stereocenters. The van der Waals surface area contributed by atoms with E-state index in [1.165, 1.54) is 4.90 Å². The first kappa shape index (κ1) is 18.1. The van der Waals surface area contributed by atoms with Gasteiger partial charge in [0.15, 0.2) is 0 Å². The topological polar surface area (TPSA) is 101 Å². The van der Waals surface area contributed by atoms with Crippen LogP contribution in [-0.4, -0.2) is 94.6 Å². The second-order valence-corrected chi connectivity index (χ2v) is 7.77. The summed E-state index contributed by atoms with van der Waals surface area (Å²) in [6.45, 7) is 1.91. The molecule has 2 N–H and O–H groups in total. The van der Waals surface area contributed by atoms with E-state index in [0.717, 1.165) is 19.4 Å². The number of rotatable bonds is 4. The summed E-state index contributed by atoms with van der Waals surface area (Å²) in [5.74, 6) is -1.11. The summed E-state index contributed by atoms with van der Waals surface area (Å²) in [6.07, 6.45) is 3.05. The number of aliphatic hydroxyl groups is 1. The van der Waals surface area contributed by atoms with E-state index >= 15 is 0 Å². The number of nitrogens with zero attached hydrogens (tertiary/aromatic N) is 3. The highest BCUT2D eigenvalue weighted by molar-refractivity contribution is 5.86. The van der Waals surface area contributed by atoms with E-state index in [-0.39, 0.29) is 30.5 Å². The molecule has 0 aromatic rings. The first-order valence-corrected chi connectivity index (χ1v) is 8.93. The lowest BCUT2D eigenvalue weighted by Crippen LogP contribution is -2.63. The van der Waals surface area contributed by atoms with Crippen LogP contribution in [0.1, 0.15) is 32.1 Å². The standard InChI is InChI=1S/C17H27N3O5/c1-18-8-9-20(15(25)16(12-21)4-5-16)11-17(18)3-2-13(22)19(7-6-17)10-14(23)24/h21H,2-12H2,1H3,(H,23,24)/t17-/m1/s1. The fourth-order valence-electron chi connectivity index (χ4n) is 4.12. The molecule has 1 spiro atoms. The average molecular weight is 353 g/mol. The highest BCUT2D eigenvalue weighted by Crippen LogP contribution is 2.47. The Morgan fingerprint density at radius 1 is 1.12 bits per heavy atom. The molecular weight excluding hydrogens is 326 g/mol. The van der Waals surface area contributed by atoms with Crippen LogP contribution in [0.3, 0.4) is 0 Å². The number of carbonyl (C=O) groups excluding carboxylic acids is 2. The Morgan fingerprint density at radius 2 is 1.84 bits per heavy atom. The number of carbonyl (C=O) groups is 3. The summed E-state index contributed by atoms with van der Waals surface area (Å²) in [5, 5.41) is 18.5. The lowest BCUT2D eigenvalue weighted by atomic mass is 9.85. The largest absolute Gasteiger partial charge is 0.480 e. The molecule has 1 aliphatic carbocycles. The van der Waals surface area contributed by atoms with Crippen LogP contribution in [0.2, 0.25) is 0 Å². The van der Waals surface area contributed by atoms with E-state index in [9.17, 15) is 19.5 Å². The minimum absolute atomic E-state index is 0.0282. The van der Waals surface area contributed by atoms with Crippen molar-refractivity contribution in [2.45, 2.75) is 37.6 Å². The molecule has 2 amide bonds. The van der Waals surface area contributed by atoms with Crippen molar-refractivity contribution < 1.29 is 24.6 Å². The van der Waals surface area contributed by atoms with Crippen LogP contribution in [0.15, 0.2) is 0 Å². The third-order valence-electron chi connectivity index (χ3n) is 6.23. The molecule has 3 rings (SSSR count). The average Bonchev–Trinajstić information content (AvgIpc) is 3.39. The number of carboxylic acid groups (broad SMARTS) is 1. The maximum absolute atomic E-state index is 12.8. The van der Waals surface area contributed by atoms with Gasteiger partial charge in [0.25, 0.3) is 0 Å². The van der Waals surface area contributed by atoms with Crippen LogP contribution in [0.5, 0.6) is 0 Å². The molecule has 8 nitrogen and oxygen atoms in total. The van der Waals surface area contributed by atoms with Gasteiger partial charge in [-0.15, -0.1) is 0 Å². The van der Waals surface area contributed by atoms with Crippen LogP contribution >= 0.6 is 0 Å². The van der Waals surface area contributed by atoms with Gasteiger partial charge in [0, 0.05) is 38.1 Å². The number of aliphatic carboxylic acids is 1. The molecule has 3 fully saturated rings. The molecule has 0 aromatic heterocycles. The van der Waals surface area contributed by atoms with Gasteiger partial charge in [-0.05, 0) is 32.7 Å². The number of piperazine rings is 1. The van der Waals surface area contributed by atoms with Crippen LogP contribution in [0.4, 0.5) is 0 Å². The molecule has 8 heteroatoms. The summed E-state index contributed by atoms with van der Waals surface area (Å²) in [7, 11) is 2.01. The Balaban J connectivity index is 1.73. The molecule has 1 saturated carbocycles. The second-order valence-electron chi connectivity index (χ2n) is 7.77. The second kappa shape index (κ2) is 6.57. The number of likely N-dealkylation sites (N-methyl/N-ethyl adjacent to an activating group) is 1. The monoisotopic (exact) mass is 353 g/mol. The number of hydrogen-bond acceptors (Lipinski definition) is 5. The summed E-state index contributed by atoms with van der Waals surface area (Å²) < 4.78 is 0. The van der Waals surface area contributed by atoms with Crippen LogP contribution in [0.25, 0.3) is 0 Å². The zero-order valence-corrected chi connectivity index (χ0v) is 14.7. The van der Waals surface area contributed by atoms with Crippen molar-refractivity contribution >= 4 is 17.8 Å². The van der Waals surface area contributed by atoms with Crippen molar-refractivity contribution in [3.8, 4) is 0 Å². The third kappa shape index (κ3) is 3.37. The molecule has 0 unspecified atom stereocenters. The maximum atomic E-state index is 12.8. The molecule has 2 heterocycles. The molecule has 0 bridgehead atoms. The fraction of sp³-hybridized carbons (Fsp3) is 0.824. The first-order chi connectivity index (χ1) is 11.8.